The van der Waals surface area contributed by atoms with Crippen LogP contribution in [0.3, 0.4) is 0 Å². The number of fused-ring (bicyclic) bond motifs is 2. The Hall–Kier alpha value is -2.47. The summed E-state index contributed by atoms with van der Waals surface area (Å²) >= 11 is 0. The lowest BCUT2D eigenvalue weighted by molar-refractivity contribution is -0.147. The third-order valence-electron chi connectivity index (χ3n) is 5.51. The lowest BCUT2D eigenvalue weighted by Crippen LogP contribution is -2.61. The number of piperazine rings is 1. The van der Waals surface area contributed by atoms with Gasteiger partial charge in [0.15, 0.2) is 0 Å². The number of para-hydroxylation sites is 1. The molecule has 0 radical (unpaired) electrons. The van der Waals surface area contributed by atoms with E-state index >= 15 is 0 Å². The molecule has 0 unspecified atom stereocenters. The molecule has 1 aromatic carbocycles. The van der Waals surface area contributed by atoms with E-state index in [4.69, 9.17) is 0 Å². The number of nitrogens with one attached hydrogen (secondary N) is 2. The predicted octanol–water partition coefficient (Wildman–Crippen LogP) is 1.84. The molecule has 6 nitrogen and oxygen atoms in total. The molecule has 0 spiro atoms. The van der Waals surface area contributed by atoms with E-state index in [9.17, 15) is 9.59 Å². The summed E-state index contributed by atoms with van der Waals surface area (Å²) in [5.41, 5.74) is 2.13. The first kappa shape index (κ1) is 17.9. The smallest absolute Gasteiger partial charge is 0.245 e. The Morgan fingerprint density at radius 2 is 2.07 bits per heavy atom. The molecule has 2 saturated heterocycles. The van der Waals surface area contributed by atoms with Crippen LogP contribution in [0.25, 0.3) is 10.9 Å². The first-order valence-corrected chi connectivity index (χ1v) is 9.70. The number of hydrogen-bond acceptors (Lipinski definition) is 4. The number of amides is 2. The van der Waals surface area contributed by atoms with Crippen LogP contribution in [-0.2, 0) is 16.1 Å². The second kappa shape index (κ2) is 7.27. The van der Waals surface area contributed by atoms with E-state index in [1.165, 1.54) is 0 Å². The van der Waals surface area contributed by atoms with E-state index in [0.29, 0.717) is 31.8 Å². The van der Waals surface area contributed by atoms with Crippen molar-refractivity contribution in [3.8, 4) is 0 Å². The number of carbonyl (C=O) groups excluding carboxylic acids is 2. The maximum Gasteiger partial charge on any atom is 0.245 e. The first-order chi connectivity index (χ1) is 13.0. The van der Waals surface area contributed by atoms with E-state index in [1.54, 1.807) is 11.1 Å². The number of pyridine rings is 1. The van der Waals surface area contributed by atoms with Crippen molar-refractivity contribution in [2.45, 2.75) is 51.4 Å². The minimum absolute atomic E-state index is 0.0172. The van der Waals surface area contributed by atoms with Crippen molar-refractivity contribution in [1.82, 2.24) is 20.5 Å². The normalized spacial score (nSPS) is 25.1. The Morgan fingerprint density at radius 3 is 2.89 bits per heavy atom. The second-order valence-electron chi connectivity index (χ2n) is 8.00. The molecule has 0 saturated carbocycles. The fourth-order valence-electron chi connectivity index (χ4n) is 4.20. The van der Waals surface area contributed by atoms with Crippen LogP contribution < -0.4 is 10.6 Å². The largest absolute Gasteiger partial charge is 0.342 e. The van der Waals surface area contributed by atoms with Crippen LogP contribution in [-0.4, -0.2) is 46.4 Å². The van der Waals surface area contributed by atoms with Crippen molar-refractivity contribution in [1.29, 1.82) is 0 Å². The number of nitrogens with zero attached hydrogens (tertiary/aromatic N) is 2. The van der Waals surface area contributed by atoms with Gasteiger partial charge in [0.2, 0.25) is 11.8 Å². The maximum absolute atomic E-state index is 12.8. The molecule has 0 aliphatic carbocycles. The second-order valence-corrected chi connectivity index (χ2v) is 8.00. The van der Waals surface area contributed by atoms with Crippen LogP contribution in [0.4, 0.5) is 0 Å². The summed E-state index contributed by atoms with van der Waals surface area (Å²) in [6.45, 7) is 5.39. The van der Waals surface area contributed by atoms with Gasteiger partial charge >= 0.3 is 0 Å². The van der Waals surface area contributed by atoms with Crippen molar-refractivity contribution < 1.29 is 9.59 Å². The lowest BCUT2D eigenvalue weighted by Gasteiger charge is -2.35. The van der Waals surface area contributed by atoms with Crippen molar-refractivity contribution in [2.75, 3.05) is 6.54 Å². The number of hydrogen-bond donors (Lipinski definition) is 2. The summed E-state index contributed by atoms with van der Waals surface area (Å²) in [5.74, 6) is 0.409. The van der Waals surface area contributed by atoms with Crippen LogP contribution in [0.15, 0.2) is 36.5 Å². The van der Waals surface area contributed by atoms with E-state index in [2.05, 4.69) is 47.7 Å². The Morgan fingerprint density at radius 1 is 1.26 bits per heavy atom. The van der Waals surface area contributed by atoms with Gasteiger partial charge in [-0.15, -0.1) is 0 Å². The average molecular weight is 366 g/mol. The van der Waals surface area contributed by atoms with Gasteiger partial charge in [-0.05, 0) is 30.4 Å². The minimum Gasteiger partial charge on any atom is -0.342 e. The Labute approximate surface area is 159 Å². The molecule has 2 N–H and O–H groups in total. The number of aromatic nitrogens is 1. The van der Waals surface area contributed by atoms with Gasteiger partial charge in [0.25, 0.3) is 0 Å². The van der Waals surface area contributed by atoms with E-state index in [1.807, 2.05) is 12.1 Å². The molecule has 6 heteroatoms. The number of rotatable bonds is 5. The van der Waals surface area contributed by atoms with Crippen LogP contribution in [0.2, 0.25) is 0 Å². The highest BCUT2D eigenvalue weighted by molar-refractivity contribution is 5.97. The fraction of sp³-hybridized carbons (Fsp3) is 0.476. The van der Waals surface area contributed by atoms with Crippen molar-refractivity contribution >= 4 is 22.7 Å². The Bertz CT molecular complexity index is 861. The molecule has 4 rings (SSSR count). The monoisotopic (exact) mass is 366 g/mol. The summed E-state index contributed by atoms with van der Waals surface area (Å²) < 4.78 is 0. The van der Waals surface area contributed by atoms with Gasteiger partial charge < -0.3 is 15.5 Å². The number of benzene rings is 1. The summed E-state index contributed by atoms with van der Waals surface area (Å²) in [7, 11) is 0. The Kier molecular flexibility index (Phi) is 4.83. The molecule has 0 bridgehead atoms. The summed E-state index contributed by atoms with van der Waals surface area (Å²) in [6, 6.07) is 9.54. The molecule has 2 aromatic rings. The zero-order valence-electron chi connectivity index (χ0n) is 15.8. The highest BCUT2D eigenvalue weighted by Gasteiger charge is 2.46. The lowest BCUT2D eigenvalue weighted by atomic mass is 9.99. The number of carbonyl (C=O) groups is 2. The van der Waals surface area contributed by atoms with Crippen molar-refractivity contribution in [3.05, 3.63) is 42.1 Å². The molecule has 2 aliphatic heterocycles. The highest BCUT2D eigenvalue weighted by Crippen LogP contribution is 2.25. The zero-order valence-corrected chi connectivity index (χ0v) is 15.8. The van der Waals surface area contributed by atoms with Crippen molar-refractivity contribution in [3.63, 3.8) is 0 Å². The van der Waals surface area contributed by atoms with Gasteiger partial charge in [-0.1, -0.05) is 38.1 Å². The van der Waals surface area contributed by atoms with Gasteiger partial charge in [-0.3, -0.25) is 14.6 Å². The van der Waals surface area contributed by atoms with E-state index in [0.717, 1.165) is 16.5 Å². The molecular formula is C21H26N4O2. The van der Waals surface area contributed by atoms with Gasteiger partial charge in [0.1, 0.15) is 12.1 Å². The SMILES string of the molecule is CC(C)C[C@H]1NC(=O)[C@@H]2C[C@H](NCc3cccc4cccnc34)CN2C1=O. The van der Waals surface area contributed by atoms with E-state index in [-0.39, 0.29) is 29.9 Å². The third-order valence-corrected chi connectivity index (χ3v) is 5.51. The molecule has 2 fully saturated rings. The molecule has 2 aliphatic rings. The van der Waals surface area contributed by atoms with Gasteiger partial charge in [-0.25, -0.2) is 0 Å². The third kappa shape index (κ3) is 3.54. The average Bonchev–Trinajstić information content (AvgIpc) is 3.09. The van der Waals surface area contributed by atoms with Gasteiger partial charge in [0.05, 0.1) is 5.52 Å². The van der Waals surface area contributed by atoms with Crippen LogP contribution >= 0.6 is 0 Å². The topological polar surface area (TPSA) is 74.3 Å². The zero-order chi connectivity index (χ0) is 19.0. The summed E-state index contributed by atoms with van der Waals surface area (Å²) in [6.07, 6.45) is 3.15. The van der Waals surface area contributed by atoms with Crippen LogP contribution in [0, 0.1) is 5.92 Å². The molecule has 3 heterocycles. The molecule has 3 atom stereocenters. The highest BCUT2D eigenvalue weighted by atomic mass is 16.2. The first-order valence-electron chi connectivity index (χ1n) is 9.70. The fourth-order valence-corrected chi connectivity index (χ4v) is 4.20. The maximum atomic E-state index is 12.8. The summed E-state index contributed by atoms with van der Waals surface area (Å²) in [4.78, 5) is 31.5. The quantitative estimate of drug-likeness (QED) is 0.847. The molecule has 142 valence electrons. The van der Waals surface area contributed by atoms with Crippen molar-refractivity contribution in [2.24, 2.45) is 5.92 Å². The molecule has 27 heavy (non-hydrogen) atoms. The minimum atomic E-state index is -0.380. The summed E-state index contributed by atoms with van der Waals surface area (Å²) in [5, 5.41) is 7.57. The Balaban J connectivity index is 1.43. The standard InChI is InChI=1S/C21H26N4O2/c1-13(2)9-17-21(27)25-12-16(10-18(25)20(26)24-17)23-11-15-6-3-5-14-7-4-8-22-19(14)15/h3-8,13,16-18,23H,9-12H2,1-2H3,(H,24,26)/t16-,17+,18-/m0/s1. The van der Waals surface area contributed by atoms with Gasteiger partial charge in [-0.2, -0.15) is 0 Å². The van der Waals surface area contributed by atoms with Crippen LogP contribution in [0.1, 0.15) is 32.3 Å². The predicted molar refractivity (Wildman–Crippen MR) is 104 cm³/mol. The molecule has 1 aromatic heterocycles. The van der Waals surface area contributed by atoms with Crippen LogP contribution in [0.5, 0.6) is 0 Å². The van der Waals surface area contributed by atoms with Gasteiger partial charge in [0, 0.05) is 30.7 Å². The molecule has 2 amide bonds. The van der Waals surface area contributed by atoms with E-state index < -0.39 is 0 Å². The molecular weight excluding hydrogens is 340 g/mol.